The first-order valence-electron chi connectivity index (χ1n) is 8.10. The molecule has 1 amide bonds. The van der Waals surface area contributed by atoms with Gasteiger partial charge in [-0.15, -0.1) is 11.3 Å². The number of amides is 1. The number of rotatable bonds is 4. The van der Waals surface area contributed by atoms with Crippen LogP contribution in [0.5, 0.6) is 0 Å². The third-order valence-corrected chi connectivity index (χ3v) is 5.42. The Morgan fingerprint density at radius 2 is 2.04 bits per heavy atom. The van der Waals surface area contributed by atoms with Gasteiger partial charge in [0.1, 0.15) is 21.7 Å². The molecule has 0 saturated carbocycles. The van der Waals surface area contributed by atoms with E-state index in [0.717, 1.165) is 15.3 Å². The van der Waals surface area contributed by atoms with Gasteiger partial charge in [0.2, 0.25) is 0 Å². The standard InChI is InChI=1S/C17H16N6O2S/c1-8-9(2)26-17-14(8)16(25)19-13(20-17)5-6-18-15(24)10-3-4-11-12(7-10)22-23-21-11/h3-4,7H,5-6H2,1-2H3,(H,18,24)(H,19,20,25)(H,21,22,23). The zero-order valence-corrected chi connectivity index (χ0v) is 15.0. The number of H-pyrrole nitrogens is 2. The maximum atomic E-state index is 12.3. The molecule has 0 aliphatic rings. The summed E-state index contributed by atoms with van der Waals surface area (Å²) in [4.78, 5) is 33.7. The highest BCUT2D eigenvalue weighted by molar-refractivity contribution is 7.18. The molecule has 0 fully saturated rings. The number of nitrogens with zero attached hydrogens (tertiary/aromatic N) is 3. The number of aryl methyl sites for hydroxylation is 2. The molecule has 0 aliphatic heterocycles. The summed E-state index contributed by atoms with van der Waals surface area (Å²) in [5.41, 5.74) is 2.69. The maximum absolute atomic E-state index is 12.3. The Balaban J connectivity index is 1.46. The van der Waals surface area contributed by atoms with Crippen molar-refractivity contribution in [2.45, 2.75) is 20.3 Å². The second kappa shape index (κ2) is 6.34. The smallest absolute Gasteiger partial charge is 0.259 e. The first-order valence-corrected chi connectivity index (χ1v) is 8.92. The van der Waals surface area contributed by atoms with E-state index in [1.165, 1.54) is 11.3 Å². The summed E-state index contributed by atoms with van der Waals surface area (Å²) in [6.45, 7) is 4.27. The van der Waals surface area contributed by atoms with Crippen LogP contribution in [0.3, 0.4) is 0 Å². The highest BCUT2D eigenvalue weighted by atomic mass is 32.1. The van der Waals surface area contributed by atoms with E-state index in [4.69, 9.17) is 0 Å². The topological polar surface area (TPSA) is 116 Å². The van der Waals surface area contributed by atoms with Crippen LogP contribution in [0.1, 0.15) is 26.6 Å². The predicted octanol–water partition coefficient (Wildman–Crippen LogP) is 1.85. The lowest BCUT2D eigenvalue weighted by molar-refractivity contribution is 0.0954. The number of hydrogen-bond acceptors (Lipinski definition) is 6. The molecule has 0 spiro atoms. The molecule has 0 unspecified atom stereocenters. The molecular weight excluding hydrogens is 352 g/mol. The molecular formula is C17H16N6O2S. The summed E-state index contributed by atoms with van der Waals surface area (Å²) in [6.07, 6.45) is 0.444. The molecule has 4 rings (SSSR count). The van der Waals surface area contributed by atoms with E-state index in [9.17, 15) is 9.59 Å². The van der Waals surface area contributed by atoms with Gasteiger partial charge in [-0.1, -0.05) is 0 Å². The first kappa shape index (κ1) is 16.4. The Bertz CT molecular complexity index is 1190. The van der Waals surface area contributed by atoms with Crippen LogP contribution in [0, 0.1) is 13.8 Å². The Morgan fingerprint density at radius 3 is 2.88 bits per heavy atom. The fraction of sp³-hybridized carbons (Fsp3) is 0.235. The Kier molecular flexibility index (Phi) is 4.00. The van der Waals surface area contributed by atoms with E-state index in [1.807, 2.05) is 13.8 Å². The van der Waals surface area contributed by atoms with Gasteiger partial charge in [0.05, 0.1) is 5.39 Å². The van der Waals surface area contributed by atoms with Gasteiger partial charge >= 0.3 is 0 Å². The minimum absolute atomic E-state index is 0.130. The molecule has 3 heterocycles. The van der Waals surface area contributed by atoms with Crippen LogP contribution < -0.4 is 10.9 Å². The van der Waals surface area contributed by atoms with Gasteiger partial charge < -0.3 is 10.3 Å². The number of nitrogens with one attached hydrogen (secondary N) is 3. The summed E-state index contributed by atoms with van der Waals surface area (Å²) in [5.74, 6) is 0.358. The minimum Gasteiger partial charge on any atom is -0.352 e. The van der Waals surface area contributed by atoms with Gasteiger partial charge in [-0.25, -0.2) is 4.98 Å². The fourth-order valence-electron chi connectivity index (χ4n) is 2.80. The van der Waals surface area contributed by atoms with Crippen molar-refractivity contribution in [1.29, 1.82) is 0 Å². The number of aromatic nitrogens is 5. The van der Waals surface area contributed by atoms with Gasteiger partial charge in [-0.3, -0.25) is 9.59 Å². The van der Waals surface area contributed by atoms with Crippen molar-refractivity contribution in [1.82, 2.24) is 30.7 Å². The highest BCUT2D eigenvalue weighted by Gasteiger charge is 2.12. The van der Waals surface area contributed by atoms with Crippen molar-refractivity contribution < 1.29 is 4.79 Å². The van der Waals surface area contributed by atoms with Crippen molar-refractivity contribution in [3.05, 3.63) is 50.4 Å². The van der Waals surface area contributed by atoms with Gasteiger partial charge in [0.15, 0.2) is 0 Å². The first-order chi connectivity index (χ1) is 12.5. The molecule has 0 saturated heterocycles. The van der Waals surface area contributed by atoms with Crippen LogP contribution in [-0.4, -0.2) is 37.8 Å². The molecule has 132 valence electrons. The molecule has 3 aromatic heterocycles. The zero-order chi connectivity index (χ0) is 18.3. The third kappa shape index (κ3) is 2.86. The predicted molar refractivity (Wildman–Crippen MR) is 99.6 cm³/mol. The van der Waals surface area contributed by atoms with Crippen molar-refractivity contribution in [2.75, 3.05) is 6.54 Å². The number of aromatic amines is 2. The Morgan fingerprint density at radius 1 is 1.23 bits per heavy atom. The Hall–Kier alpha value is -3.07. The minimum atomic E-state index is -0.207. The van der Waals surface area contributed by atoms with Crippen molar-refractivity contribution in [2.24, 2.45) is 0 Å². The molecule has 3 N–H and O–H groups in total. The van der Waals surface area contributed by atoms with Crippen LogP contribution in [-0.2, 0) is 6.42 Å². The molecule has 8 nitrogen and oxygen atoms in total. The lowest BCUT2D eigenvalue weighted by atomic mass is 10.2. The third-order valence-electron chi connectivity index (χ3n) is 4.31. The molecule has 1 aromatic carbocycles. The maximum Gasteiger partial charge on any atom is 0.259 e. The number of benzene rings is 1. The average molecular weight is 368 g/mol. The van der Waals surface area contributed by atoms with Crippen LogP contribution in [0.15, 0.2) is 23.0 Å². The van der Waals surface area contributed by atoms with Crippen LogP contribution in [0.4, 0.5) is 0 Å². The second-order valence-corrected chi connectivity index (χ2v) is 7.21. The van der Waals surface area contributed by atoms with Crippen LogP contribution >= 0.6 is 11.3 Å². The zero-order valence-electron chi connectivity index (χ0n) is 14.2. The van der Waals surface area contributed by atoms with E-state index < -0.39 is 0 Å². The van der Waals surface area contributed by atoms with Crippen molar-refractivity contribution >= 4 is 38.5 Å². The number of fused-ring (bicyclic) bond motifs is 2. The lowest BCUT2D eigenvalue weighted by Crippen LogP contribution is -2.26. The summed E-state index contributed by atoms with van der Waals surface area (Å²) in [7, 11) is 0. The largest absolute Gasteiger partial charge is 0.352 e. The SMILES string of the molecule is Cc1sc2nc(CCNC(=O)c3ccc4n[nH]nc4c3)[nH]c(=O)c2c1C. The highest BCUT2D eigenvalue weighted by Crippen LogP contribution is 2.25. The number of carbonyl (C=O) groups excluding carboxylic acids is 1. The van der Waals surface area contributed by atoms with Gasteiger partial charge in [-0.2, -0.15) is 15.4 Å². The number of carbonyl (C=O) groups is 1. The molecule has 0 bridgehead atoms. The van der Waals surface area contributed by atoms with Gasteiger partial charge in [0.25, 0.3) is 11.5 Å². The van der Waals surface area contributed by atoms with E-state index >= 15 is 0 Å². The van der Waals surface area contributed by atoms with E-state index in [0.29, 0.717) is 40.8 Å². The monoisotopic (exact) mass is 368 g/mol. The van der Waals surface area contributed by atoms with Crippen molar-refractivity contribution in [3.63, 3.8) is 0 Å². The molecule has 0 aliphatic carbocycles. The van der Waals surface area contributed by atoms with Gasteiger partial charge in [0, 0.05) is 23.4 Å². The number of thiophene rings is 1. The van der Waals surface area contributed by atoms with Crippen molar-refractivity contribution in [3.8, 4) is 0 Å². The molecule has 26 heavy (non-hydrogen) atoms. The average Bonchev–Trinajstić information content (AvgIpc) is 3.19. The summed E-state index contributed by atoms with van der Waals surface area (Å²) >= 11 is 1.51. The molecule has 9 heteroatoms. The Labute approximate surface area is 151 Å². The molecule has 4 aromatic rings. The molecule has 0 atom stereocenters. The van der Waals surface area contributed by atoms with E-state index in [-0.39, 0.29) is 11.5 Å². The molecule has 0 radical (unpaired) electrons. The summed E-state index contributed by atoms with van der Waals surface area (Å²) < 4.78 is 0. The lowest BCUT2D eigenvalue weighted by Gasteiger charge is -2.05. The van der Waals surface area contributed by atoms with E-state index in [1.54, 1.807) is 18.2 Å². The quantitative estimate of drug-likeness (QED) is 0.508. The normalized spacial score (nSPS) is 11.3. The van der Waals surface area contributed by atoms with E-state index in [2.05, 4.69) is 30.7 Å². The van der Waals surface area contributed by atoms with Crippen LogP contribution in [0.2, 0.25) is 0 Å². The fourth-order valence-corrected chi connectivity index (χ4v) is 3.84. The number of hydrogen-bond donors (Lipinski definition) is 3. The second-order valence-electron chi connectivity index (χ2n) is 6.01. The summed E-state index contributed by atoms with van der Waals surface area (Å²) in [5, 5.41) is 13.9. The van der Waals surface area contributed by atoms with Gasteiger partial charge in [-0.05, 0) is 37.6 Å². The summed E-state index contributed by atoms with van der Waals surface area (Å²) in [6, 6.07) is 5.11. The van der Waals surface area contributed by atoms with Crippen LogP contribution in [0.25, 0.3) is 21.3 Å².